The lowest BCUT2D eigenvalue weighted by Gasteiger charge is -2.52. The first-order valence-corrected chi connectivity index (χ1v) is 14.4. The molecule has 1 heterocycles. The molecule has 2 aliphatic carbocycles. The molecule has 0 unspecified atom stereocenters. The Hall–Kier alpha value is -3.01. The van der Waals surface area contributed by atoms with Crippen LogP contribution in [0.4, 0.5) is 4.79 Å². The van der Waals surface area contributed by atoms with Crippen LogP contribution in [0.2, 0.25) is 0 Å². The van der Waals surface area contributed by atoms with Crippen molar-refractivity contribution in [3.63, 3.8) is 0 Å². The van der Waals surface area contributed by atoms with E-state index in [0.717, 1.165) is 38.0 Å². The molecule has 1 amide bonds. The van der Waals surface area contributed by atoms with Crippen LogP contribution in [0.5, 0.6) is 11.5 Å². The maximum Gasteiger partial charge on any atom is 0.414 e. The summed E-state index contributed by atoms with van der Waals surface area (Å²) in [6.07, 6.45) is 7.13. The summed E-state index contributed by atoms with van der Waals surface area (Å²) < 4.78 is 11.9. The SMILES string of the molecule is CC#C[C@@]1(O)CC[C@]2(CCOc3ccc(CN4CCCC4)cc3)c3ccc(OC(=O)N(C)C)cc3CC[C@H]2C1. The molecular formula is C33H42N2O4. The number of hydrogen-bond acceptors (Lipinski definition) is 5. The predicted molar refractivity (Wildman–Crippen MR) is 153 cm³/mol. The van der Waals surface area contributed by atoms with Gasteiger partial charge in [-0.05, 0) is 118 Å². The van der Waals surface area contributed by atoms with E-state index in [2.05, 4.69) is 47.1 Å². The number of carbonyl (C=O) groups excluding carboxylic acids is 1. The smallest absolute Gasteiger partial charge is 0.414 e. The summed E-state index contributed by atoms with van der Waals surface area (Å²) in [6, 6.07) is 14.6. The summed E-state index contributed by atoms with van der Waals surface area (Å²) in [7, 11) is 3.37. The van der Waals surface area contributed by atoms with Crippen molar-refractivity contribution in [2.24, 2.45) is 5.92 Å². The van der Waals surface area contributed by atoms with Gasteiger partial charge in [-0.1, -0.05) is 24.1 Å². The molecule has 0 radical (unpaired) electrons. The molecule has 0 aromatic heterocycles. The largest absolute Gasteiger partial charge is 0.494 e. The minimum absolute atomic E-state index is 0.102. The van der Waals surface area contributed by atoms with Crippen molar-refractivity contribution < 1.29 is 19.4 Å². The van der Waals surface area contributed by atoms with Crippen molar-refractivity contribution in [2.45, 2.75) is 75.9 Å². The molecule has 2 fully saturated rings. The number of fused-ring (bicyclic) bond motifs is 3. The van der Waals surface area contributed by atoms with Crippen LogP contribution in [0, 0.1) is 17.8 Å². The number of nitrogens with zero attached hydrogens (tertiary/aromatic N) is 2. The number of amides is 1. The third-order valence-electron chi connectivity index (χ3n) is 9.00. The van der Waals surface area contributed by atoms with Crippen molar-refractivity contribution >= 4 is 6.09 Å². The zero-order chi connectivity index (χ0) is 27.5. The number of aryl methyl sites for hydroxylation is 1. The summed E-state index contributed by atoms with van der Waals surface area (Å²) in [6.45, 7) is 5.81. The molecule has 0 bridgehead atoms. The van der Waals surface area contributed by atoms with E-state index in [0.29, 0.717) is 31.1 Å². The van der Waals surface area contributed by atoms with Gasteiger partial charge in [0.05, 0.1) is 6.61 Å². The van der Waals surface area contributed by atoms with E-state index < -0.39 is 5.60 Å². The molecule has 2 aromatic carbocycles. The number of likely N-dealkylation sites (tertiary alicyclic amines) is 1. The Balaban J connectivity index is 1.33. The Morgan fingerprint density at radius 2 is 1.85 bits per heavy atom. The molecule has 1 N–H and O–H groups in total. The Morgan fingerprint density at radius 3 is 2.56 bits per heavy atom. The maximum atomic E-state index is 12.1. The standard InChI is InChI=1S/C33H42N2O4/c1-4-15-32(37)16-17-33(18-21-38-28-11-7-25(8-12-28)24-35-19-5-6-20-35)27(23-32)10-9-26-22-29(13-14-30(26)33)39-31(36)34(2)3/h7-8,11-14,22,27,37H,5-6,9-10,16-21,23-24H2,1-3H3/t27-,32+,33+/m0/s1. The first-order valence-electron chi connectivity index (χ1n) is 14.4. The molecule has 3 atom stereocenters. The molecule has 208 valence electrons. The second-order valence-electron chi connectivity index (χ2n) is 11.8. The van der Waals surface area contributed by atoms with Crippen LogP contribution in [0.25, 0.3) is 0 Å². The zero-order valence-electron chi connectivity index (χ0n) is 23.7. The summed E-state index contributed by atoms with van der Waals surface area (Å²) in [5, 5.41) is 11.2. The molecule has 3 aliphatic rings. The quantitative estimate of drug-likeness (QED) is 0.476. The van der Waals surface area contributed by atoms with Crippen molar-refractivity contribution in [1.82, 2.24) is 9.80 Å². The lowest BCUT2D eigenvalue weighted by Crippen LogP contribution is -2.50. The summed E-state index contributed by atoms with van der Waals surface area (Å²) >= 11 is 0. The predicted octanol–water partition coefficient (Wildman–Crippen LogP) is 5.55. The molecular weight excluding hydrogens is 488 g/mol. The number of ether oxygens (including phenoxy) is 2. The molecule has 1 aliphatic heterocycles. The van der Waals surface area contributed by atoms with Gasteiger partial charge in [0.15, 0.2) is 0 Å². The van der Waals surface area contributed by atoms with E-state index in [-0.39, 0.29) is 11.5 Å². The topological polar surface area (TPSA) is 62.2 Å². The van der Waals surface area contributed by atoms with Gasteiger partial charge in [0.1, 0.15) is 17.1 Å². The average Bonchev–Trinajstić information content (AvgIpc) is 3.43. The highest BCUT2D eigenvalue weighted by Crippen LogP contribution is 2.54. The Labute approximate surface area is 233 Å². The summed E-state index contributed by atoms with van der Waals surface area (Å²) in [5.74, 6) is 7.84. The van der Waals surface area contributed by atoms with Crippen LogP contribution in [0.15, 0.2) is 42.5 Å². The highest BCUT2D eigenvalue weighted by atomic mass is 16.6. The fourth-order valence-corrected chi connectivity index (χ4v) is 6.97. The fraction of sp³-hybridized carbons (Fsp3) is 0.545. The zero-order valence-corrected chi connectivity index (χ0v) is 23.7. The molecule has 0 spiro atoms. The lowest BCUT2D eigenvalue weighted by atomic mass is 9.53. The molecule has 39 heavy (non-hydrogen) atoms. The van der Waals surface area contributed by atoms with Crippen molar-refractivity contribution in [3.8, 4) is 23.3 Å². The van der Waals surface area contributed by atoms with Crippen molar-refractivity contribution in [3.05, 3.63) is 59.2 Å². The van der Waals surface area contributed by atoms with Gasteiger partial charge in [-0.3, -0.25) is 4.90 Å². The lowest BCUT2D eigenvalue weighted by molar-refractivity contribution is -0.0143. The normalized spacial score (nSPS) is 26.1. The van der Waals surface area contributed by atoms with Gasteiger partial charge in [0, 0.05) is 26.1 Å². The molecule has 6 heteroatoms. The molecule has 5 rings (SSSR count). The first-order chi connectivity index (χ1) is 18.8. The van der Waals surface area contributed by atoms with Crippen LogP contribution in [-0.2, 0) is 18.4 Å². The van der Waals surface area contributed by atoms with Crippen LogP contribution in [-0.4, -0.2) is 60.4 Å². The number of aliphatic hydroxyl groups is 1. The van der Waals surface area contributed by atoms with Crippen LogP contribution >= 0.6 is 0 Å². The van der Waals surface area contributed by atoms with E-state index in [4.69, 9.17) is 9.47 Å². The van der Waals surface area contributed by atoms with Crippen LogP contribution in [0.3, 0.4) is 0 Å². The van der Waals surface area contributed by atoms with Gasteiger partial charge in [0.2, 0.25) is 0 Å². The minimum Gasteiger partial charge on any atom is -0.494 e. The average molecular weight is 531 g/mol. The molecule has 6 nitrogen and oxygen atoms in total. The highest BCUT2D eigenvalue weighted by Gasteiger charge is 2.51. The van der Waals surface area contributed by atoms with Crippen LogP contribution < -0.4 is 9.47 Å². The minimum atomic E-state index is -0.923. The number of rotatable bonds is 7. The number of carbonyl (C=O) groups is 1. The Morgan fingerprint density at radius 1 is 1.10 bits per heavy atom. The van der Waals surface area contributed by atoms with Crippen molar-refractivity contribution in [1.29, 1.82) is 0 Å². The van der Waals surface area contributed by atoms with Gasteiger partial charge in [-0.25, -0.2) is 4.79 Å². The third-order valence-corrected chi connectivity index (χ3v) is 9.00. The first kappa shape index (κ1) is 27.6. The number of benzene rings is 2. The van der Waals surface area contributed by atoms with Crippen molar-refractivity contribution in [2.75, 3.05) is 33.8 Å². The monoisotopic (exact) mass is 530 g/mol. The van der Waals surface area contributed by atoms with E-state index >= 15 is 0 Å². The summed E-state index contributed by atoms with van der Waals surface area (Å²) in [5.41, 5.74) is 2.84. The van der Waals surface area contributed by atoms with Gasteiger partial charge < -0.3 is 19.5 Å². The second kappa shape index (κ2) is 11.6. The molecule has 2 aromatic rings. The van der Waals surface area contributed by atoms with Gasteiger partial charge in [-0.15, -0.1) is 5.92 Å². The van der Waals surface area contributed by atoms with Gasteiger partial charge >= 0.3 is 6.09 Å². The van der Waals surface area contributed by atoms with E-state index in [9.17, 15) is 9.90 Å². The van der Waals surface area contributed by atoms with E-state index in [1.165, 1.54) is 47.5 Å². The van der Waals surface area contributed by atoms with E-state index in [1.54, 1.807) is 21.0 Å². The van der Waals surface area contributed by atoms with Crippen LogP contribution in [0.1, 0.15) is 68.6 Å². The molecule has 1 saturated carbocycles. The van der Waals surface area contributed by atoms with Gasteiger partial charge in [-0.2, -0.15) is 0 Å². The van der Waals surface area contributed by atoms with E-state index in [1.807, 2.05) is 12.1 Å². The third kappa shape index (κ3) is 6.10. The Kier molecular flexibility index (Phi) is 8.21. The maximum absolute atomic E-state index is 12.1. The molecule has 1 saturated heterocycles. The Bertz CT molecular complexity index is 1220. The summed E-state index contributed by atoms with van der Waals surface area (Å²) in [4.78, 5) is 16.1. The fourth-order valence-electron chi connectivity index (χ4n) is 6.97. The number of hydrogen-bond donors (Lipinski definition) is 1. The highest BCUT2D eigenvalue weighted by molar-refractivity contribution is 5.70. The second-order valence-corrected chi connectivity index (χ2v) is 11.8. The van der Waals surface area contributed by atoms with Gasteiger partial charge in [0.25, 0.3) is 0 Å².